The second-order valence-electron chi connectivity index (χ2n) is 6.76. The topological polar surface area (TPSA) is 73.2 Å². The third-order valence-electron chi connectivity index (χ3n) is 4.19. The van der Waals surface area contributed by atoms with Gasteiger partial charge in [-0.3, -0.25) is 14.9 Å². The van der Waals surface area contributed by atoms with E-state index in [1.54, 1.807) is 10.8 Å². The number of para-hydroxylation sites is 1. The van der Waals surface area contributed by atoms with E-state index in [1.807, 2.05) is 74.6 Å². The second-order valence-corrected chi connectivity index (χ2v) is 7.77. The SMILES string of the molecule is CC(C)Oc1ccc(-c2nn(-c3ccccc3)cc2/C=C2\SC(=O)NC2=O)cc1. The van der Waals surface area contributed by atoms with Crippen molar-refractivity contribution in [1.29, 1.82) is 0 Å². The molecule has 6 nitrogen and oxygen atoms in total. The molecule has 0 bridgehead atoms. The minimum absolute atomic E-state index is 0.0916. The third-order valence-corrected chi connectivity index (χ3v) is 5.00. The van der Waals surface area contributed by atoms with Crippen molar-refractivity contribution >= 4 is 29.0 Å². The number of ether oxygens (including phenoxy) is 1. The molecule has 0 atom stereocenters. The van der Waals surface area contributed by atoms with Gasteiger partial charge in [-0.2, -0.15) is 5.10 Å². The van der Waals surface area contributed by atoms with Gasteiger partial charge in [0.15, 0.2) is 0 Å². The Hall–Kier alpha value is -3.32. The van der Waals surface area contributed by atoms with Gasteiger partial charge in [0.05, 0.1) is 22.4 Å². The molecule has 0 spiro atoms. The molecule has 29 heavy (non-hydrogen) atoms. The van der Waals surface area contributed by atoms with Gasteiger partial charge in [-0.15, -0.1) is 0 Å². The first-order valence-electron chi connectivity index (χ1n) is 9.16. The Kier molecular flexibility index (Phi) is 5.22. The van der Waals surface area contributed by atoms with Gasteiger partial charge in [0.1, 0.15) is 5.75 Å². The van der Waals surface area contributed by atoms with E-state index in [0.29, 0.717) is 10.6 Å². The van der Waals surface area contributed by atoms with Crippen LogP contribution in [0.5, 0.6) is 5.75 Å². The molecule has 146 valence electrons. The van der Waals surface area contributed by atoms with Crippen LogP contribution in [0.2, 0.25) is 0 Å². The molecule has 0 radical (unpaired) electrons. The molecule has 0 aliphatic carbocycles. The Morgan fingerprint density at radius 2 is 1.79 bits per heavy atom. The zero-order chi connectivity index (χ0) is 20.4. The number of thioether (sulfide) groups is 1. The fourth-order valence-corrected chi connectivity index (χ4v) is 3.63. The van der Waals surface area contributed by atoms with Gasteiger partial charge >= 0.3 is 0 Å². The van der Waals surface area contributed by atoms with E-state index in [2.05, 4.69) is 5.32 Å². The molecule has 1 fully saturated rings. The summed E-state index contributed by atoms with van der Waals surface area (Å²) in [5, 5.41) is 6.65. The minimum Gasteiger partial charge on any atom is -0.491 e. The van der Waals surface area contributed by atoms with Crippen molar-refractivity contribution in [3.05, 3.63) is 71.3 Å². The fourth-order valence-electron chi connectivity index (χ4n) is 2.96. The van der Waals surface area contributed by atoms with Crippen molar-refractivity contribution in [2.75, 3.05) is 0 Å². The third kappa shape index (κ3) is 4.25. The summed E-state index contributed by atoms with van der Waals surface area (Å²) in [6.45, 7) is 3.96. The molecule has 2 aromatic carbocycles. The normalized spacial score (nSPS) is 15.2. The van der Waals surface area contributed by atoms with E-state index in [4.69, 9.17) is 9.84 Å². The van der Waals surface area contributed by atoms with Crippen LogP contribution >= 0.6 is 11.8 Å². The van der Waals surface area contributed by atoms with Crippen LogP contribution in [-0.4, -0.2) is 27.0 Å². The van der Waals surface area contributed by atoms with Gasteiger partial charge in [0.2, 0.25) is 0 Å². The number of hydrogen-bond donors (Lipinski definition) is 1. The molecule has 1 N–H and O–H groups in total. The highest BCUT2D eigenvalue weighted by molar-refractivity contribution is 8.18. The summed E-state index contributed by atoms with van der Waals surface area (Å²) < 4.78 is 7.48. The van der Waals surface area contributed by atoms with Crippen molar-refractivity contribution in [2.24, 2.45) is 0 Å². The van der Waals surface area contributed by atoms with Gasteiger partial charge in [0.25, 0.3) is 11.1 Å². The van der Waals surface area contributed by atoms with Crippen molar-refractivity contribution in [2.45, 2.75) is 20.0 Å². The van der Waals surface area contributed by atoms with Crippen molar-refractivity contribution in [3.63, 3.8) is 0 Å². The van der Waals surface area contributed by atoms with Crippen molar-refractivity contribution in [3.8, 4) is 22.7 Å². The molecule has 4 rings (SSSR count). The van der Waals surface area contributed by atoms with Crippen LogP contribution in [0.1, 0.15) is 19.4 Å². The number of carbonyl (C=O) groups excluding carboxylic acids is 2. The maximum Gasteiger partial charge on any atom is 0.290 e. The monoisotopic (exact) mass is 405 g/mol. The summed E-state index contributed by atoms with van der Waals surface area (Å²) in [5.74, 6) is 0.390. The number of nitrogens with one attached hydrogen (secondary N) is 1. The number of hydrogen-bond acceptors (Lipinski definition) is 5. The van der Waals surface area contributed by atoms with Crippen LogP contribution in [0.4, 0.5) is 4.79 Å². The molecular formula is C22H19N3O3S. The first kappa shape index (κ1) is 19.0. The smallest absolute Gasteiger partial charge is 0.290 e. The minimum atomic E-state index is -0.390. The fraction of sp³-hybridized carbons (Fsp3) is 0.136. The van der Waals surface area contributed by atoms with Crippen LogP contribution in [0.25, 0.3) is 23.0 Å². The number of aromatic nitrogens is 2. The molecule has 1 aromatic heterocycles. The average molecular weight is 405 g/mol. The number of rotatable bonds is 5. The quantitative estimate of drug-likeness (QED) is 0.626. The molecule has 0 unspecified atom stereocenters. The molecule has 1 aliphatic rings. The molecule has 1 saturated heterocycles. The van der Waals surface area contributed by atoms with Crippen LogP contribution in [0.3, 0.4) is 0 Å². The number of imide groups is 1. The molecule has 1 aliphatic heterocycles. The molecule has 2 heterocycles. The lowest BCUT2D eigenvalue weighted by atomic mass is 10.1. The standard InChI is InChI=1S/C22H19N3O3S/c1-14(2)28-18-10-8-15(9-11-18)20-16(12-19-21(26)23-22(27)29-19)13-25(24-20)17-6-4-3-5-7-17/h3-14H,1-2H3,(H,23,26,27)/b19-12-. The molecule has 0 saturated carbocycles. The number of carbonyl (C=O) groups is 2. The maximum absolute atomic E-state index is 12.0. The van der Waals surface area contributed by atoms with Crippen molar-refractivity contribution < 1.29 is 14.3 Å². The van der Waals surface area contributed by atoms with E-state index in [0.717, 1.165) is 34.3 Å². The molecule has 3 aromatic rings. The van der Waals surface area contributed by atoms with Gasteiger partial charge in [-0.1, -0.05) is 18.2 Å². The molecule has 2 amide bonds. The number of nitrogens with zero attached hydrogens (tertiary/aromatic N) is 2. The van der Waals surface area contributed by atoms with Gasteiger partial charge < -0.3 is 4.74 Å². The largest absolute Gasteiger partial charge is 0.491 e. The Bertz CT molecular complexity index is 1090. The summed E-state index contributed by atoms with van der Waals surface area (Å²) in [5.41, 5.74) is 3.25. The Morgan fingerprint density at radius 3 is 2.41 bits per heavy atom. The predicted molar refractivity (Wildman–Crippen MR) is 114 cm³/mol. The van der Waals surface area contributed by atoms with Crippen LogP contribution in [-0.2, 0) is 4.79 Å². The highest BCUT2D eigenvalue weighted by Crippen LogP contribution is 2.31. The lowest BCUT2D eigenvalue weighted by Crippen LogP contribution is -2.17. The van der Waals surface area contributed by atoms with E-state index in [-0.39, 0.29) is 17.3 Å². The first-order chi connectivity index (χ1) is 14.0. The Balaban J connectivity index is 1.77. The summed E-state index contributed by atoms with van der Waals surface area (Å²) in [6.07, 6.45) is 3.65. The van der Waals surface area contributed by atoms with Crippen molar-refractivity contribution in [1.82, 2.24) is 15.1 Å². The van der Waals surface area contributed by atoms with Gasteiger partial charge in [0, 0.05) is 17.3 Å². The number of amides is 2. The zero-order valence-electron chi connectivity index (χ0n) is 16.0. The van der Waals surface area contributed by atoms with Gasteiger partial charge in [-0.05, 0) is 68.1 Å². The summed E-state index contributed by atoms with van der Waals surface area (Å²) in [7, 11) is 0. The Morgan fingerprint density at radius 1 is 1.07 bits per heavy atom. The summed E-state index contributed by atoms with van der Waals surface area (Å²) in [4.78, 5) is 23.9. The van der Waals surface area contributed by atoms with E-state index in [9.17, 15) is 9.59 Å². The highest BCUT2D eigenvalue weighted by Gasteiger charge is 2.26. The predicted octanol–water partition coefficient (Wildman–Crippen LogP) is 4.65. The van der Waals surface area contributed by atoms with E-state index >= 15 is 0 Å². The molecule has 7 heteroatoms. The lowest BCUT2D eigenvalue weighted by molar-refractivity contribution is -0.115. The first-order valence-corrected chi connectivity index (χ1v) is 9.98. The lowest BCUT2D eigenvalue weighted by Gasteiger charge is -2.09. The van der Waals surface area contributed by atoms with Crippen LogP contribution in [0.15, 0.2) is 65.7 Å². The second kappa shape index (κ2) is 7.97. The zero-order valence-corrected chi connectivity index (χ0v) is 16.8. The van der Waals surface area contributed by atoms with E-state index < -0.39 is 0 Å². The summed E-state index contributed by atoms with van der Waals surface area (Å²) in [6, 6.07) is 17.4. The number of benzene rings is 2. The van der Waals surface area contributed by atoms with E-state index in [1.165, 1.54) is 0 Å². The average Bonchev–Trinajstić information content (AvgIpc) is 3.26. The van der Waals surface area contributed by atoms with Crippen LogP contribution < -0.4 is 10.1 Å². The van der Waals surface area contributed by atoms with Crippen LogP contribution in [0, 0.1) is 0 Å². The van der Waals surface area contributed by atoms with Gasteiger partial charge in [-0.25, -0.2) is 4.68 Å². The molecular weight excluding hydrogens is 386 g/mol. The summed E-state index contributed by atoms with van der Waals surface area (Å²) >= 11 is 0.891. The maximum atomic E-state index is 12.0. The Labute approximate surface area is 172 Å². The highest BCUT2D eigenvalue weighted by atomic mass is 32.2.